The molecule has 0 bridgehead atoms. The Balaban J connectivity index is 2.23. The van der Waals surface area contributed by atoms with Crippen LogP contribution in [0, 0.1) is 0 Å². The maximum absolute atomic E-state index is 11.7. The van der Waals surface area contributed by atoms with Crippen molar-refractivity contribution in [2.75, 3.05) is 26.8 Å². The van der Waals surface area contributed by atoms with Crippen molar-refractivity contribution >= 4 is 11.8 Å². The zero-order chi connectivity index (χ0) is 14.8. The maximum atomic E-state index is 11.7. The second-order valence-corrected chi connectivity index (χ2v) is 4.20. The standard InChI is InChI=1S/C12H21N5O3/c1-3-4-9-15-11(17-16-9)12(19)14-6-5-10(18)13-7-8-20-2/h3-8H2,1-2H3,(H,13,18)(H,14,19)(H,15,16,17). The van der Waals surface area contributed by atoms with Crippen LogP contribution in [0.5, 0.6) is 0 Å². The highest BCUT2D eigenvalue weighted by Gasteiger charge is 2.12. The third-order valence-electron chi connectivity index (χ3n) is 2.49. The summed E-state index contributed by atoms with van der Waals surface area (Å²) in [5.41, 5.74) is 0. The molecular formula is C12H21N5O3. The van der Waals surface area contributed by atoms with E-state index in [0.717, 1.165) is 12.8 Å². The molecule has 0 aliphatic rings. The van der Waals surface area contributed by atoms with Gasteiger partial charge in [-0.15, -0.1) is 5.10 Å². The van der Waals surface area contributed by atoms with Crippen LogP contribution in [-0.2, 0) is 16.0 Å². The molecule has 20 heavy (non-hydrogen) atoms. The molecule has 8 heteroatoms. The van der Waals surface area contributed by atoms with E-state index in [0.29, 0.717) is 19.0 Å². The van der Waals surface area contributed by atoms with Crippen molar-refractivity contribution in [3.63, 3.8) is 0 Å². The first kappa shape index (κ1) is 16.1. The van der Waals surface area contributed by atoms with Crippen molar-refractivity contribution in [3.05, 3.63) is 11.6 Å². The summed E-state index contributed by atoms with van der Waals surface area (Å²) in [7, 11) is 1.57. The van der Waals surface area contributed by atoms with E-state index in [1.807, 2.05) is 6.92 Å². The molecule has 112 valence electrons. The molecule has 0 saturated heterocycles. The zero-order valence-corrected chi connectivity index (χ0v) is 11.9. The third kappa shape index (κ3) is 5.79. The fraction of sp³-hybridized carbons (Fsp3) is 0.667. The third-order valence-corrected chi connectivity index (χ3v) is 2.49. The van der Waals surface area contributed by atoms with Crippen LogP contribution in [0.2, 0.25) is 0 Å². The van der Waals surface area contributed by atoms with E-state index in [9.17, 15) is 9.59 Å². The van der Waals surface area contributed by atoms with E-state index in [1.54, 1.807) is 7.11 Å². The number of rotatable bonds is 9. The number of H-pyrrole nitrogens is 1. The van der Waals surface area contributed by atoms with E-state index in [1.165, 1.54) is 0 Å². The summed E-state index contributed by atoms with van der Waals surface area (Å²) in [6, 6.07) is 0. The predicted molar refractivity (Wildman–Crippen MR) is 72.2 cm³/mol. The highest BCUT2D eigenvalue weighted by atomic mass is 16.5. The summed E-state index contributed by atoms with van der Waals surface area (Å²) in [5, 5.41) is 11.8. The Hall–Kier alpha value is -1.96. The van der Waals surface area contributed by atoms with Gasteiger partial charge in [-0.05, 0) is 6.42 Å². The first-order chi connectivity index (χ1) is 9.67. The maximum Gasteiger partial charge on any atom is 0.290 e. The molecule has 0 spiro atoms. The SMILES string of the molecule is CCCc1nc(C(=O)NCCC(=O)NCCOC)n[nH]1. The summed E-state index contributed by atoms with van der Waals surface area (Å²) in [6.45, 7) is 3.19. The lowest BCUT2D eigenvalue weighted by molar-refractivity contribution is -0.121. The van der Waals surface area contributed by atoms with Crippen LogP contribution < -0.4 is 10.6 Å². The van der Waals surface area contributed by atoms with Gasteiger partial charge in [-0.25, -0.2) is 4.98 Å². The number of nitrogens with zero attached hydrogens (tertiary/aromatic N) is 2. The van der Waals surface area contributed by atoms with E-state index in [4.69, 9.17) is 4.74 Å². The number of nitrogens with one attached hydrogen (secondary N) is 3. The Bertz CT molecular complexity index is 432. The van der Waals surface area contributed by atoms with Crippen LogP contribution in [0.25, 0.3) is 0 Å². The number of carbonyl (C=O) groups excluding carboxylic acids is 2. The molecule has 1 rings (SSSR count). The Morgan fingerprint density at radius 2 is 2.10 bits per heavy atom. The zero-order valence-electron chi connectivity index (χ0n) is 11.9. The van der Waals surface area contributed by atoms with Crippen LogP contribution in [0.4, 0.5) is 0 Å². The molecule has 3 N–H and O–H groups in total. The van der Waals surface area contributed by atoms with Crippen molar-refractivity contribution in [2.45, 2.75) is 26.2 Å². The lowest BCUT2D eigenvalue weighted by Gasteiger charge is -2.04. The number of carbonyl (C=O) groups is 2. The van der Waals surface area contributed by atoms with E-state index >= 15 is 0 Å². The molecule has 0 fully saturated rings. The molecule has 0 atom stereocenters. The summed E-state index contributed by atoms with van der Waals surface area (Å²) in [5.74, 6) is 0.278. The normalized spacial score (nSPS) is 10.3. The number of aromatic amines is 1. The molecular weight excluding hydrogens is 262 g/mol. The van der Waals surface area contributed by atoms with Crippen molar-refractivity contribution in [2.24, 2.45) is 0 Å². The van der Waals surface area contributed by atoms with E-state index in [-0.39, 0.29) is 30.6 Å². The van der Waals surface area contributed by atoms with Crippen LogP contribution >= 0.6 is 0 Å². The van der Waals surface area contributed by atoms with Crippen molar-refractivity contribution in [3.8, 4) is 0 Å². The molecule has 8 nitrogen and oxygen atoms in total. The van der Waals surface area contributed by atoms with Gasteiger partial charge in [0.25, 0.3) is 5.91 Å². The molecule has 1 aromatic rings. The van der Waals surface area contributed by atoms with Gasteiger partial charge in [0.15, 0.2) is 0 Å². The molecule has 1 aromatic heterocycles. The van der Waals surface area contributed by atoms with Gasteiger partial charge in [0, 0.05) is 33.0 Å². The molecule has 0 aliphatic carbocycles. The fourth-order valence-electron chi connectivity index (χ4n) is 1.49. The van der Waals surface area contributed by atoms with E-state index < -0.39 is 0 Å². The smallest absolute Gasteiger partial charge is 0.290 e. The van der Waals surface area contributed by atoms with Crippen molar-refractivity contribution in [1.82, 2.24) is 25.8 Å². The molecule has 0 unspecified atom stereocenters. The monoisotopic (exact) mass is 283 g/mol. The number of hydrogen-bond acceptors (Lipinski definition) is 5. The second kappa shape index (κ2) is 9.03. The van der Waals surface area contributed by atoms with Gasteiger partial charge in [0.05, 0.1) is 6.61 Å². The first-order valence-corrected chi connectivity index (χ1v) is 6.62. The summed E-state index contributed by atoms with van der Waals surface area (Å²) in [6.07, 6.45) is 1.89. The van der Waals surface area contributed by atoms with Gasteiger partial charge in [-0.1, -0.05) is 6.92 Å². The van der Waals surface area contributed by atoms with Gasteiger partial charge in [-0.3, -0.25) is 14.7 Å². The summed E-state index contributed by atoms with van der Waals surface area (Å²) >= 11 is 0. The van der Waals surface area contributed by atoms with Crippen LogP contribution in [-0.4, -0.2) is 53.8 Å². The largest absolute Gasteiger partial charge is 0.383 e. The Labute approximate surface area is 117 Å². The topological polar surface area (TPSA) is 109 Å². The van der Waals surface area contributed by atoms with Crippen molar-refractivity contribution in [1.29, 1.82) is 0 Å². The molecule has 0 aromatic carbocycles. The van der Waals surface area contributed by atoms with Crippen LogP contribution in [0.1, 0.15) is 36.2 Å². The minimum atomic E-state index is -0.381. The lowest BCUT2D eigenvalue weighted by Crippen LogP contribution is -2.32. The van der Waals surface area contributed by atoms with Gasteiger partial charge in [-0.2, -0.15) is 0 Å². The quantitative estimate of drug-likeness (QED) is 0.536. The van der Waals surface area contributed by atoms with Gasteiger partial charge in [0.1, 0.15) is 5.82 Å². The van der Waals surface area contributed by atoms with Gasteiger partial charge < -0.3 is 15.4 Å². The van der Waals surface area contributed by atoms with Crippen molar-refractivity contribution < 1.29 is 14.3 Å². The number of aromatic nitrogens is 3. The molecule has 2 amide bonds. The number of amides is 2. The number of aryl methyl sites for hydroxylation is 1. The average molecular weight is 283 g/mol. The minimum Gasteiger partial charge on any atom is -0.383 e. The van der Waals surface area contributed by atoms with Crippen LogP contribution in [0.15, 0.2) is 0 Å². The molecule has 1 heterocycles. The predicted octanol–water partition coefficient (Wildman–Crippen LogP) is -0.360. The van der Waals surface area contributed by atoms with Crippen LogP contribution in [0.3, 0.4) is 0 Å². The number of ether oxygens (including phenoxy) is 1. The minimum absolute atomic E-state index is 0.105. The number of hydrogen-bond donors (Lipinski definition) is 3. The summed E-state index contributed by atoms with van der Waals surface area (Å²) in [4.78, 5) is 27.1. The van der Waals surface area contributed by atoms with Gasteiger partial charge >= 0.3 is 0 Å². The average Bonchev–Trinajstić information content (AvgIpc) is 2.88. The highest BCUT2D eigenvalue weighted by Crippen LogP contribution is 1.96. The first-order valence-electron chi connectivity index (χ1n) is 6.62. The Morgan fingerprint density at radius 1 is 1.30 bits per heavy atom. The van der Waals surface area contributed by atoms with E-state index in [2.05, 4.69) is 25.8 Å². The summed E-state index contributed by atoms with van der Waals surface area (Å²) < 4.78 is 4.81. The molecule has 0 saturated carbocycles. The van der Waals surface area contributed by atoms with Gasteiger partial charge in [0.2, 0.25) is 11.7 Å². The Kier molecular flexibility index (Phi) is 7.26. The molecule has 0 aliphatic heterocycles. The fourth-order valence-corrected chi connectivity index (χ4v) is 1.49. The number of methoxy groups -OCH3 is 1. The second-order valence-electron chi connectivity index (χ2n) is 4.20. The molecule has 0 radical (unpaired) electrons. The Morgan fingerprint density at radius 3 is 2.80 bits per heavy atom. The highest BCUT2D eigenvalue weighted by molar-refractivity contribution is 5.90. The lowest BCUT2D eigenvalue weighted by atomic mass is 10.3.